The number of hydrogen-bond acceptors (Lipinski definition) is 6. The summed E-state index contributed by atoms with van der Waals surface area (Å²) >= 11 is 0. The van der Waals surface area contributed by atoms with Gasteiger partial charge in [0.15, 0.2) is 11.5 Å². The van der Waals surface area contributed by atoms with Crippen molar-refractivity contribution in [3.05, 3.63) is 53.1 Å². The Labute approximate surface area is 227 Å². The quantitative estimate of drug-likeness (QED) is 0.391. The van der Waals surface area contributed by atoms with Crippen LogP contribution in [-0.2, 0) is 17.6 Å². The fourth-order valence-electron chi connectivity index (χ4n) is 6.12. The molecule has 0 bridgehead atoms. The van der Waals surface area contributed by atoms with Crippen molar-refractivity contribution in [2.75, 3.05) is 46.1 Å². The van der Waals surface area contributed by atoms with E-state index in [1.807, 2.05) is 12.1 Å². The van der Waals surface area contributed by atoms with E-state index in [0.717, 1.165) is 94.9 Å². The van der Waals surface area contributed by atoms with Crippen LogP contribution in [0.5, 0.6) is 17.2 Å². The molecule has 3 heterocycles. The van der Waals surface area contributed by atoms with Crippen molar-refractivity contribution in [3.63, 3.8) is 0 Å². The number of carbonyl (C=O) groups is 1. The lowest BCUT2D eigenvalue weighted by Crippen LogP contribution is -2.43. The topological polar surface area (TPSA) is 77.3 Å². The second-order valence-corrected chi connectivity index (χ2v) is 10.9. The van der Waals surface area contributed by atoms with E-state index in [-0.39, 0.29) is 12.7 Å². The molecule has 0 spiro atoms. The zero-order valence-corrected chi connectivity index (χ0v) is 22.8. The Morgan fingerprint density at radius 2 is 1.97 bits per heavy atom. The first-order valence-electron chi connectivity index (χ1n) is 14.5. The van der Waals surface area contributed by atoms with Crippen molar-refractivity contribution in [1.82, 2.24) is 9.80 Å². The largest absolute Gasteiger partial charge is 0.493 e. The summed E-state index contributed by atoms with van der Waals surface area (Å²) in [6.07, 6.45) is 7.99. The second-order valence-electron chi connectivity index (χ2n) is 10.9. The maximum atomic E-state index is 13.6. The smallest absolute Gasteiger partial charge is 0.236 e. The van der Waals surface area contributed by atoms with E-state index < -0.39 is 0 Å². The molecule has 2 aromatic carbocycles. The van der Waals surface area contributed by atoms with Gasteiger partial charge in [-0.15, -0.1) is 0 Å². The molecule has 3 aliphatic rings. The summed E-state index contributed by atoms with van der Waals surface area (Å²) in [7, 11) is 0. The van der Waals surface area contributed by atoms with E-state index >= 15 is 0 Å². The van der Waals surface area contributed by atoms with Crippen molar-refractivity contribution < 1.29 is 19.0 Å². The summed E-state index contributed by atoms with van der Waals surface area (Å²) in [4.78, 5) is 18.1. The van der Waals surface area contributed by atoms with Gasteiger partial charge in [0.2, 0.25) is 12.7 Å². The predicted molar refractivity (Wildman–Crippen MR) is 149 cm³/mol. The van der Waals surface area contributed by atoms with Gasteiger partial charge < -0.3 is 24.8 Å². The maximum Gasteiger partial charge on any atom is 0.236 e. The van der Waals surface area contributed by atoms with Gasteiger partial charge in [-0.25, -0.2) is 0 Å². The standard InChI is InChI=1S/C31H43N3O4/c1-2-3-15-33(16-5-4-14-32)30(35)21-34-20-26(24-10-12-28-25(18-24)13-17-36-28)19-27(34)11-9-23-7-6-8-29-31(23)38-22-37-29/h6-8,10,12,18,26-27H,2-5,9,11,13-17,19-22,32H2,1H3/t26-,27?/m1/s1. The number of aryl methyl sites for hydroxylation is 1. The molecule has 2 aromatic rings. The second kappa shape index (κ2) is 12.9. The lowest BCUT2D eigenvalue weighted by atomic mass is 9.92. The average molecular weight is 522 g/mol. The first kappa shape index (κ1) is 26.8. The molecular formula is C31H43N3O4. The third kappa shape index (κ3) is 6.26. The van der Waals surface area contributed by atoms with E-state index in [1.165, 1.54) is 16.7 Å². The van der Waals surface area contributed by atoms with E-state index in [0.29, 0.717) is 25.0 Å². The predicted octanol–water partition coefficient (Wildman–Crippen LogP) is 4.51. The average Bonchev–Trinajstić information content (AvgIpc) is 3.69. The van der Waals surface area contributed by atoms with Crippen molar-refractivity contribution in [2.45, 2.75) is 70.3 Å². The lowest BCUT2D eigenvalue weighted by molar-refractivity contribution is -0.132. The van der Waals surface area contributed by atoms with Gasteiger partial charge in [-0.3, -0.25) is 9.69 Å². The van der Waals surface area contributed by atoms with Crippen LogP contribution >= 0.6 is 0 Å². The SMILES string of the molecule is CCCCN(CCCCN)C(=O)CN1C[C@H](c2ccc3c(c2)CCO3)CC1CCc1cccc2c1OCO2. The molecular weight excluding hydrogens is 478 g/mol. The van der Waals surface area contributed by atoms with Crippen molar-refractivity contribution in [1.29, 1.82) is 0 Å². The van der Waals surface area contributed by atoms with Gasteiger partial charge in [0.25, 0.3) is 0 Å². The van der Waals surface area contributed by atoms with Gasteiger partial charge in [0.05, 0.1) is 13.2 Å². The maximum absolute atomic E-state index is 13.6. The Balaban J connectivity index is 1.30. The third-order valence-corrected chi connectivity index (χ3v) is 8.29. The molecule has 7 nitrogen and oxygen atoms in total. The Hall–Kier alpha value is -2.77. The number of rotatable bonds is 13. The Bertz CT molecular complexity index is 1090. The summed E-state index contributed by atoms with van der Waals surface area (Å²) in [6, 6.07) is 13.2. The first-order chi connectivity index (χ1) is 18.7. The highest BCUT2D eigenvalue weighted by Gasteiger charge is 2.35. The minimum Gasteiger partial charge on any atom is -0.493 e. The normalized spacial score (nSPS) is 19.9. The number of ether oxygens (including phenoxy) is 3. The van der Waals surface area contributed by atoms with E-state index in [2.05, 4.69) is 41.0 Å². The van der Waals surface area contributed by atoms with Crippen LogP contribution < -0.4 is 19.9 Å². The molecule has 3 aliphatic heterocycles. The summed E-state index contributed by atoms with van der Waals surface area (Å²) in [5, 5.41) is 0. The van der Waals surface area contributed by atoms with Crippen molar-refractivity contribution >= 4 is 5.91 Å². The zero-order valence-electron chi connectivity index (χ0n) is 22.8. The van der Waals surface area contributed by atoms with Crippen LogP contribution in [0.15, 0.2) is 36.4 Å². The number of unbranched alkanes of at least 4 members (excludes halogenated alkanes) is 2. The Morgan fingerprint density at radius 3 is 2.84 bits per heavy atom. The lowest BCUT2D eigenvalue weighted by Gasteiger charge is -2.29. The molecule has 206 valence electrons. The van der Waals surface area contributed by atoms with Gasteiger partial charge >= 0.3 is 0 Å². The van der Waals surface area contributed by atoms with Crippen LogP contribution in [-0.4, -0.2) is 67.9 Å². The fourth-order valence-corrected chi connectivity index (χ4v) is 6.12. The number of carbonyl (C=O) groups excluding carboxylic acids is 1. The molecule has 1 fully saturated rings. The van der Waals surface area contributed by atoms with Crippen LogP contribution in [0.2, 0.25) is 0 Å². The number of nitrogens with zero attached hydrogens (tertiary/aromatic N) is 2. The van der Waals surface area contributed by atoms with Crippen LogP contribution in [0, 0.1) is 0 Å². The molecule has 2 N–H and O–H groups in total. The van der Waals surface area contributed by atoms with Gasteiger partial charge in [0, 0.05) is 32.1 Å². The summed E-state index contributed by atoms with van der Waals surface area (Å²) in [6.45, 7) is 6.95. The minimum absolute atomic E-state index is 0.251. The molecule has 0 radical (unpaired) electrons. The van der Waals surface area contributed by atoms with Crippen molar-refractivity contribution in [3.8, 4) is 17.2 Å². The molecule has 0 saturated carbocycles. The van der Waals surface area contributed by atoms with Gasteiger partial charge in [-0.2, -0.15) is 0 Å². The Morgan fingerprint density at radius 1 is 1.08 bits per heavy atom. The number of fused-ring (bicyclic) bond motifs is 2. The minimum atomic E-state index is 0.251. The van der Waals surface area contributed by atoms with Crippen LogP contribution in [0.25, 0.3) is 0 Å². The van der Waals surface area contributed by atoms with Crippen LogP contribution in [0.4, 0.5) is 0 Å². The summed E-state index contributed by atoms with van der Waals surface area (Å²) in [5.74, 6) is 3.42. The molecule has 1 saturated heterocycles. The highest BCUT2D eigenvalue weighted by Crippen LogP contribution is 2.39. The molecule has 0 aromatic heterocycles. The zero-order chi connectivity index (χ0) is 26.3. The highest BCUT2D eigenvalue weighted by atomic mass is 16.7. The molecule has 2 atom stereocenters. The van der Waals surface area contributed by atoms with E-state index in [4.69, 9.17) is 19.9 Å². The summed E-state index contributed by atoms with van der Waals surface area (Å²) in [5.41, 5.74) is 9.60. The van der Waals surface area contributed by atoms with Crippen molar-refractivity contribution in [2.24, 2.45) is 5.73 Å². The number of hydrogen-bond donors (Lipinski definition) is 1. The van der Waals surface area contributed by atoms with Gasteiger partial charge in [-0.1, -0.05) is 37.6 Å². The molecule has 1 amide bonds. The van der Waals surface area contributed by atoms with Gasteiger partial charge in [-0.05, 0) is 79.8 Å². The van der Waals surface area contributed by atoms with Gasteiger partial charge in [0.1, 0.15) is 5.75 Å². The highest BCUT2D eigenvalue weighted by molar-refractivity contribution is 5.78. The first-order valence-corrected chi connectivity index (χ1v) is 14.5. The number of nitrogens with two attached hydrogens (primary N) is 1. The van der Waals surface area contributed by atoms with Crippen LogP contribution in [0.1, 0.15) is 68.1 Å². The molecule has 38 heavy (non-hydrogen) atoms. The van der Waals surface area contributed by atoms with Crippen LogP contribution in [0.3, 0.4) is 0 Å². The number of benzene rings is 2. The monoisotopic (exact) mass is 521 g/mol. The number of amides is 1. The van der Waals surface area contributed by atoms with E-state index in [9.17, 15) is 4.79 Å². The number of likely N-dealkylation sites (tertiary alicyclic amines) is 1. The molecule has 0 aliphatic carbocycles. The number of para-hydroxylation sites is 1. The molecule has 5 rings (SSSR count). The molecule has 7 heteroatoms. The molecule has 1 unspecified atom stereocenters. The Kier molecular flexibility index (Phi) is 9.07. The third-order valence-electron chi connectivity index (χ3n) is 8.29. The summed E-state index contributed by atoms with van der Waals surface area (Å²) < 4.78 is 17.1. The van der Waals surface area contributed by atoms with E-state index in [1.54, 1.807) is 0 Å². The fraction of sp³-hybridized carbons (Fsp3) is 0.581.